The second-order valence-corrected chi connectivity index (χ2v) is 5.33. The molecule has 122 valence electrons. The van der Waals surface area contributed by atoms with E-state index in [1.54, 1.807) is 22.9 Å². The van der Waals surface area contributed by atoms with Crippen molar-refractivity contribution < 1.29 is 0 Å². The summed E-state index contributed by atoms with van der Waals surface area (Å²) in [5, 5.41) is 0. The molecule has 1 aromatic carbocycles. The number of hydrogen-bond acceptors (Lipinski definition) is 2. The molecule has 5 nitrogen and oxygen atoms in total. The fourth-order valence-electron chi connectivity index (χ4n) is 2.36. The van der Waals surface area contributed by atoms with Gasteiger partial charge in [-0.15, -0.1) is 0 Å². The second kappa shape index (κ2) is 8.17. The maximum Gasteiger partial charge on any atom is 0.250 e. The van der Waals surface area contributed by atoms with Crippen LogP contribution in [0.2, 0.25) is 0 Å². The number of rotatable bonds is 6. The van der Waals surface area contributed by atoms with Crippen LogP contribution >= 0.6 is 0 Å². The number of pyridine rings is 1. The van der Waals surface area contributed by atoms with Gasteiger partial charge in [0.1, 0.15) is 0 Å². The molecule has 2 aromatic rings. The van der Waals surface area contributed by atoms with Gasteiger partial charge in [0.2, 0.25) is 0 Å². The van der Waals surface area contributed by atoms with Crippen LogP contribution in [0.4, 0.5) is 0 Å². The Morgan fingerprint density at radius 2 is 1.74 bits per heavy atom. The van der Waals surface area contributed by atoms with Crippen molar-refractivity contribution in [2.75, 3.05) is 13.1 Å². The highest BCUT2D eigenvalue weighted by Crippen LogP contribution is 2.07. The standard InChI is InChI=1S/C18H24N4O/c1-3-21(4-2)18(19)20-13-15-8-10-16(11-9-15)14-22-12-6-5-7-17(22)23/h5-12H,3-4,13-14H2,1-2H3,(H2,19,20). The van der Waals surface area contributed by atoms with E-state index in [0.29, 0.717) is 19.0 Å². The molecule has 0 atom stereocenters. The lowest BCUT2D eigenvalue weighted by Gasteiger charge is -2.19. The van der Waals surface area contributed by atoms with Gasteiger partial charge in [-0.05, 0) is 31.0 Å². The van der Waals surface area contributed by atoms with Gasteiger partial charge in [-0.25, -0.2) is 4.99 Å². The third kappa shape index (κ3) is 4.71. The normalized spacial score (nSPS) is 11.5. The molecule has 5 heteroatoms. The maximum atomic E-state index is 11.7. The van der Waals surface area contributed by atoms with E-state index in [-0.39, 0.29) is 5.56 Å². The Bertz CT molecular complexity index is 699. The first-order valence-electron chi connectivity index (χ1n) is 7.92. The third-order valence-corrected chi connectivity index (χ3v) is 3.79. The van der Waals surface area contributed by atoms with Crippen LogP contribution in [0.5, 0.6) is 0 Å². The molecule has 23 heavy (non-hydrogen) atoms. The molecule has 0 spiro atoms. The van der Waals surface area contributed by atoms with Crippen LogP contribution in [0, 0.1) is 0 Å². The summed E-state index contributed by atoms with van der Waals surface area (Å²) in [7, 11) is 0. The molecule has 0 amide bonds. The van der Waals surface area contributed by atoms with Gasteiger partial charge in [0.05, 0.1) is 13.1 Å². The van der Waals surface area contributed by atoms with Crippen molar-refractivity contribution in [1.29, 1.82) is 0 Å². The summed E-state index contributed by atoms with van der Waals surface area (Å²) in [5.41, 5.74) is 8.17. The van der Waals surface area contributed by atoms with Crippen molar-refractivity contribution in [2.45, 2.75) is 26.9 Å². The Labute approximate surface area is 137 Å². The van der Waals surface area contributed by atoms with Gasteiger partial charge in [0, 0.05) is 25.4 Å². The zero-order valence-corrected chi connectivity index (χ0v) is 13.8. The summed E-state index contributed by atoms with van der Waals surface area (Å²) in [5.74, 6) is 0.579. The zero-order valence-electron chi connectivity index (χ0n) is 13.8. The quantitative estimate of drug-likeness (QED) is 0.656. The molecule has 0 bridgehead atoms. The first kappa shape index (κ1) is 16.8. The zero-order chi connectivity index (χ0) is 16.7. The molecule has 1 heterocycles. The van der Waals surface area contributed by atoms with Crippen molar-refractivity contribution in [3.05, 3.63) is 70.1 Å². The van der Waals surface area contributed by atoms with E-state index in [9.17, 15) is 4.79 Å². The summed E-state index contributed by atoms with van der Waals surface area (Å²) < 4.78 is 1.69. The first-order chi connectivity index (χ1) is 11.1. The molecule has 0 radical (unpaired) electrons. The molecule has 0 aliphatic rings. The average molecular weight is 312 g/mol. The summed E-state index contributed by atoms with van der Waals surface area (Å²) >= 11 is 0. The predicted octanol–water partition coefficient (Wildman–Crippen LogP) is 2.05. The molecule has 2 N–H and O–H groups in total. The number of aliphatic imine (C=N–C) groups is 1. The monoisotopic (exact) mass is 312 g/mol. The van der Waals surface area contributed by atoms with Gasteiger partial charge in [0.15, 0.2) is 5.96 Å². The minimum absolute atomic E-state index is 0.00757. The van der Waals surface area contributed by atoms with Crippen LogP contribution in [-0.2, 0) is 13.1 Å². The predicted molar refractivity (Wildman–Crippen MR) is 94.5 cm³/mol. The van der Waals surface area contributed by atoms with Crippen molar-refractivity contribution >= 4 is 5.96 Å². The summed E-state index contributed by atoms with van der Waals surface area (Å²) in [6.45, 7) is 6.98. The Balaban J connectivity index is 2.01. The van der Waals surface area contributed by atoms with Gasteiger partial charge in [-0.2, -0.15) is 0 Å². The van der Waals surface area contributed by atoms with Gasteiger partial charge in [0.25, 0.3) is 5.56 Å². The van der Waals surface area contributed by atoms with E-state index in [4.69, 9.17) is 5.73 Å². The van der Waals surface area contributed by atoms with Crippen LogP contribution in [0.3, 0.4) is 0 Å². The van der Waals surface area contributed by atoms with E-state index in [2.05, 4.69) is 18.8 Å². The lowest BCUT2D eigenvalue weighted by Crippen LogP contribution is -2.37. The number of guanidine groups is 1. The smallest absolute Gasteiger partial charge is 0.250 e. The highest BCUT2D eigenvalue weighted by molar-refractivity contribution is 5.77. The van der Waals surface area contributed by atoms with E-state index in [0.717, 1.165) is 24.2 Å². The number of hydrogen-bond donors (Lipinski definition) is 1. The maximum absolute atomic E-state index is 11.7. The topological polar surface area (TPSA) is 63.6 Å². The van der Waals surface area contributed by atoms with Gasteiger partial charge in [-0.1, -0.05) is 30.3 Å². The van der Waals surface area contributed by atoms with Crippen molar-refractivity contribution in [3.8, 4) is 0 Å². The molecule has 0 aliphatic heterocycles. The average Bonchev–Trinajstić information content (AvgIpc) is 2.57. The Kier molecular flexibility index (Phi) is 5.97. The minimum atomic E-state index is 0.00757. The van der Waals surface area contributed by atoms with Crippen molar-refractivity contribution in [1.82, 2.24) is 9.47 Å². The van der Waals surface area contributed by atoms with Gasteiger partial charge in [-0.3, -0.25) is 4.79 Å². The highest BCUT2D eigenvalue weighted by atomic mass is 16.1. The molecular formula is C18H24N4O. The van der Waals surface area contributed by atoms with E-state index in [1.165, 1.54) is 0 Å². The summed E-state index contributed by atoms with van der Waals surface area (Å²) in [6.07, 6.45) is 1.80. The minimum Gasteiger partial charge on any atom is -0.370 e. The third-order valence-electron chi connectivity index (χ3n) is 3.79. The van der Waals surface area contributed by atoms with Gasteiger partial charge < -0.3 is 15.2 Å². The van der Waals surface area contributed by atoms with Crippen LogP contribution in [0.15, 0.2) is 58.4 Å². The van der Waals surface area contributed by atoms with Crippen LogP contribution in [0.25, 0.3) is 0 Å². The Morgan fingerprint density at radius 1 is 1.09 bits per heavy atom. The van der Waals surface area contributed by atoms with Crippen LogP contribution < -0.4 is 11.3 Å². The highest BCUT2D eigenvalue weighted by Gasteiger charge is 2.02. The molecule has 2 rings (SSSR count). The Morgan fingerprint density at radius 3 is 2.35 bits per heavy atom. The molecule has 0 aliphatic carbocycles. The lowest BCUT2D eigenvalue weighted by atomic mass is 10.1. The van der Waals surface area contributed by atoms with E-state index >= 15 is 0 Å². The van der Waals surface area contributed by atoms with Crippen molar-refractivity contribution in [3.63, 3.8) is 0 Å². The van der Waals surface area contributed by atoms with E-state index in [1.807, 2.05) is 35.2 Å². The Hall–Kier alpha value is -2.56. The number of nitrogens with two attached hydrogens (primary N) is 1. The largest absolute Gasteiger partial charge is 0.370 e. The number of benzene rings is 1. The second-order valence-electron chi connectivity index (χ2n) is 5.33. The van der Waals surface area contributed by atoms with Crippen LogP contribution in [-0.4, -0.2) is 28.5 Å². The summed E-state index contributed by atoms with van der Waals surface area (Å²) in [6, 6.07) is 13.3. The lowest BCUT2D eigenvalue weighted by molar-refractivity contribution is 0.458. The first-order valence-corrected chi connectivity index (χ1v) is 7.92. The van der Waals surface area contributed by atoms with Gasteiger partial charge >= 0.3 is 0 Å². The molecular weight excluding hydrogens is 288 g/mol. The molecule has 0 fully saturated rings. The fraction of sp³-hybridized carbons (Fsp3) is 0.333. The molecule has 0 unspecified atom stereocenters. The summed E-state index contributed by atoms with van der Waals surface area (Å²) in [4.78, 5) is 18.2. The SMILES string of the molecule is CCN(CC)C(N)=NCc1ccc(Cn2ccccc2=O)cc1. The van der Waals surface area contributed by atoms with Crippen molar-refractivity contribution in [2.24, 2.45) is 10.7 Å². The van der Waals surface area contributed by atoms with E-state index < -0.39 is 0 Å². The molecule has 0 saturated heterocycles. The molecule has 1 aromatic heterocycles. The van der Waals surface area contributed by atoms with Crippen LogP contribution in [0.1, 0.15) is 25.0 Å². The fourth-order valence-corrected chi connectivity index (χ4v) is 2.36. The molecule has 0 saturated carbocycles. The number of nitrogens with zero attached hydrogens (tertiary/aromatic N) is 3. The number of aromatic nitrogens is 1.